The molecule has 1 N–H and O–H groups in total. The molecule has 1 fully saturated rings. The fourth-order valence-corrected chi connectivity index (χ4v) is 4.30. The second-order valence-electron chi connectivity index (χ2n) is 7.41. The molecule has 7 nitrogen and oxygen atoms in total. The van der Waals surface area contributed by atoms with Crippen LogP contribution in [-0.4, -0.2) is 32.0 Å². The van der Waals surface area contributed by atoms with E-state index in [1.54, 1.807) is 13.0 Å². The molecule has 0 aliphatic heterocycles. The molecule has 2 heterocycles. The van der Waals surface area contributed by atoms with Crippen LogP contribution in [-0.2, 0) is 11.3 Å². The number of thioether (sulfide) groups is 1. The fourth-order valence-electron chi connectivity index (χ4n) is 3.26. The zero-order valence-electron chi connectivity index (χ0n) is 16.3. The first kappa shape index (κ1) is 20.7. The van der Waals surface area contributed by atoms with Gasteiger partial charge in [-0.3, -0.25) is 9.36 Å². The molecule has 1 aromatic carbocycles. The van der Waals surface area contributed by atoms with Crippen molar-refractivity contribution < 1.29 is 9.21 Å². The van der Waals surface area contributed by atoms with Crippen molar-refractivity contribution in [2.45, 2.75) is 37.0 Å². The first-order valence-corrected chi connectivity index (χ1v) is 11.3. The second-order valence-corrected chi connectivity index (χ2v) is 9.13. The molecule has 1 saturated carbocycles. The molecule has 1 atom stereocenters. The van der Waals surface area contributed by atoms with Gasteiger partial charge in [-0.25, -0.2) is 0 Å². The van der Waals surface area contributed by atoms with Crippen LogP contribution in [0.4, 0.5) is 0 Å². The average Bonchev–Trinajstić information content (AvgIpc) is 3.42. The van der Waals surface area contributed by atoms with Crippen LogP contribution in [0, 0.1) is 17.2 Å². The Kier molecular flexibility index (Phi) is 5.97. The Morgan fingerprint density at radius 3 is 2.73 bits per heavy atom. The normalized spacial score (nSPS) is 15.4. The summed E-state index contributed by atoms with van der Waals surface area (Å²) in [5.41, 5.74) is 0.280. The predicted molar refractivity (Wildman–Crippen MR) is 117 cm³/mol. The highest BCUT2D eigenvalue weighted by Crippen LogP contribution is 2.39. The maximum absolute atomic E-state index is 12.5. The molecule has 0 bridgehead atoms. The zero-order chi connectivity index (χ0) is 21.1. The molecule has 30 heavy (non-hydrogen) atoms. The minimum absolute atomic E-state index is 0.152. The number of hydrogen-bond acceptors (Lipinski definition) is 6. The van der Waals surface area contributed by atoms with Gasteiger partial charge in [-0.2, -0.15) is 5.26 Å². The van der Waals surface area contributed by atoms with E-state index in [0.29, 0.717) is 28.0 Å². The zero-order valence-corrected chi connectivity index (χ0v) is 18.7. The summed E-state index contributed by atoms with van der Waals surface area (Å²) in [6, 6.07) is 15.8. The summed E-state index contributed by atoms with van der Waals surface area (Å²) < 4.78 is 8.21. The number of rotatable bonds is 8. The van der Waals surface area contributed by atoms with Gasteiger partial charge in [-0.05, 0) is 59.3 Å². The molecule has 0 radical (unpaired) electrons. The Bertz CT molecular complexity index is 1090. The van der Waals surface area contributed by atoms with Gasteiger partial charge in [-0.15, -0.1) is 10.2 Å². The van der Waals surface area contributed by atoms with E-state index >= 15 is 0 Å². The molecule has 1 unspecified atom stereocenters. The van der Waals surface area contributed by atoms with E-state index in [0.717, 1.165) is 18.4 Å². The highest BCUT2D eigenvalue weighted by Gasteiger charge is 2.43. The molecule has 1 aliphatic rings. The van der Waals surface area contributed by atoms with Gasteiger partial charge < -0.3 is 9.73 Å². The summed E-state index contributed by atoms with van der Waals surface area (Å²) in [7, 11) is 0. The van der Waals surface area contributed by atoms with Gasteiger partial charge in [0.2, 0.25) is 11.7 Å². The molecule has 9 heteroatoms. The maximum Gasteiger partial charge on any atom is 0.231 e. The van der Waals surface area contributed by atoms with Crippen molar-refractivity contribution in [3.63, 3.8) is 0 Å². The van der Waals surface area contributed by atoms with Crippen molar-refractivity contribution in [3.8, 4) is 17.7 Å². The quantitative estimate of drug-likeness (QED) is 0.479. The van der Waals surface area contributed by atoms with Crippen molar-refractivity contribution in [1.29, 1.82) is 5.26 Å². The SMILES string of the molecule is CC(C#N)(NC(=O)CSc1nnc(-c2ccc(Br)o2)n1Cc1ccccc1)C1CC1. The third-order valence-corrected chi connectivity index (χ3v) is 6.44. The third kappa shape index (κ3) is 4.60. The fraction of sp³-hybridized carbons (Fsp3) is 0.333. The number of benzene rings is 1. The van der Waals surface area contributed by atoms with Gasteiger partial charge in [0.15, 0.2) is 15.6 Å². The van der Waals surface area contributed by atoms with Crippen molar-refractivity contribution >= 4 is 33.6 Å². The number of hydrogen-bond donors (Lipinski definition) is 1. The first-order valence-electron chi connectivity index (χ1n) is 9.56. The Morgan fingerprint density at radius 1 is 1.33 bits per heavy atom. The summed E-state index contributed by atoms with van der Waals surface area (Å²) in [4.78, 5) is 12.5. The largest absolute Gasteiger partial charge is 0.446 e. The molecule has 154 valence electrons. The van der Waals surface area contributed by atoms with E-state index in [1.165, 1.54) is 11.8 Å². The molecule has 3 aromatic rings. The molecule has 0 spiro atoms. The molecule has 4 rings (SSSR count). The Labute approximate surface area is 187 Å². The number of aromatic nitrogens is 3. The van der Waals surface area contributed by atoms with Crippen molar-refractivity contribution in [1.82, 2.24) is 20.1 Å². The van der Waals surface area contributed by atoms with Gasteiger partial charge in [-0.1, -0.05) is 42.1 Å². The first-order chi connectivity index (χ1) is 14.5. The van der Waals surface area contributed by atoms with E-state index in [-0.39, 0.29) is 17.6 Å². The van der Waals surface area contributed by atoms with Gasteiger partial charge in [0.25, 0.3) is 0 Å². The summed E-state index contributed by atoms with van der Waals surface area (Å²) in [6.07, 6.45) is 1.95. The average molecular weight is 486 g/mol. The second kappa shape index (κ2) is 8.66. The summed E-state index contributed by atoms with van der Waals surface area (Å²) in [5.74, 6) is 1.38. The van der Waals surface area contributed by atoms with E-state index in [9.17, 15) is 10.1 Å². The van der Waals surface area contributed by atoms with E-state index in [4.69, 9.17) is 4.42 Å². The van der Waals surface area contributed by atoms with Crippen molar-refractivity contribution in [3.05, 3.63) is 52.7 Å². The number of carbonyl (C=O) groups excluding carboxylic acids is 1. The number of nitrogens with one attached hydrogen (secondary N) is 1. The summed E-state index contributed by atoms with van der Waals surface area (Å²) in [5, 5.41) is 21.5. The molecule has 0 saturated heterocycles. The Morgan fingerprint density at radius 2 is 2.10 bits per heavy atom. The standard InChI is InChI=1S/C21H20BrN5O2S/c1-21(13-23,15-7-8-15)24-18(28)12-30-20-26-25-19(16-9-10-17(22)29-16)27(20)11-14-5-3-2-4-6-14/h2-6,9-10,15H,7-8,11-12H2,1H3,(H,24,28). The smallest absolute Gasteiger partial charge is 0.231 e. The van der Waals surface area contributed by atoms with Crippen LogP contribution in [0.1, 0.15) is 25.3 Å². The molecule has 1 aliphatic carbocycles. The number of carbonyl (C=O) groups is 1. The lowest BCUT2D eigenvalue weighted by molar-refractivity contribution is -0.119. The topological polar surface area (TPSA) is 96.7 Å². The van der Waals surface area contributed by atoms with Gasteiger partial charge in [0.1, 0.15) is 5.54 Å². The highest BCUT2D eigenvalue weighted by molar-refractivity contribution is 9.10. The van der Waals surface area contributed by atoms with Crippen LogP contribution >= 0.6 is 27.7 Å². The van der Waals surface area contributed by atoms with Crippen LogP contribution in [0.5, 0.6) is 0 Å². The molecule has 1 amide bonds. The van der Waals surface area contributed by atoms with E-state index in [2.05, 4.69) is 37.5 Å². The summed E-state index contributed by atoms with van der Waals surface area (Å²) in [6.45, 7) is 2.33. The highest BCUT2D eigenvalue weighted by atomic mass is 79.9. The van der Waals surface area contributed by atoms with Crippen LogP contribution in [0.15, 0.2) is 56.7 Å². The predicted octanol–water partition coefficient (Wildman–Crippen LogP) is 4.25. The molecule has 2 aromatic heterocycles. The third-order valence-electron chi connectivity index (χ3n) is 5.05. The number of amides is 1. The lowest BCUT2D eigenvalue weighted by Crippen LogP contribution is -2.47. The number of halogens is 1. The molecular weight excluding hydrogens is 466 g/mol. The Balaban J connectivity index is 1.53. The minimum atomic E-state index is -0.805. The summed E-state index contributed by atoms with van der Waals surface area (Å²) >= 11 is 4.61. The van der Waals surface area contributed by atoms with Crippen molar-refractivity contribution in [2.75, 3.05) is 5.75 Å². The van der Waals surface area contributed by atoms with E-state index in [1.807, 2.05) is 41.0 Å². The van der Waals surface area contributed by atoms with E-state index < -0.39 is 5.54 Å². The maximum atomic E-state index is 12.5. The van der Waals surface area contributed by atoms with Crippen molar-refractivity contribution in [2.24, 2.45) is 5.92 Å². The minimum Gasteiger partial charge on any atom is -0.446 e. The lowest BCUT2D eigenvalue weighted by Gasteiger charge is -2.22. The number of nitrogens with zero attached hydrogens (tertiary/aromatic N) is 4. The van der Waals surface area contributed by atoms with Gasteiger partial charge >= 0.3 is 0 Å². The molecular formula is C21H20BrN5O2S. The van der Waals surface area contributed by atoms with Crippen LogP contribution in [0.3, 0.4) is 0 Å². The monoisotopic (exact) mass is 485 g/mol. The van der Waals surface area contributed by atoms with Crippen LogP contribution < -0.4 is 5.32 Å². The van der Waals surface area contributed by atoms with Gasteiger partial charge in [0.05, 0.1) is 18.4 Å². The van der Waals surface area contributed by atoms with Crippen LogP contribution in [0.2, 0.25) is 0 Å². The lowest BCUT2D eigenvalue weighted by atomic mass is 9.98. The number of nitriles is 1. The van der Waals surface area contributed by atoms with Crippen LogP contribution in [0.25, 0.3) is 11.6 Å². The van der Waals surface area contributed by atoms with Gasteiger partial charge in [0, 0.05) is 0 Å². The Hall–Kier alpha value is -2.57. The number of furan rings is 1.